The summed E-state index contributed by atoms with van der Waals surface area (Å²) in [6.07, 6.45) is 3.94. The minimum atomic E-state index is 0.578. The van der Waals surface area contributed by atoms with E-state index in [4.69, 9.17) is 18.9 Å². The molecule has 25 heavy (non-hydrogen) atoms. The third-order valence-electron chi connectivity index (χ3n) is 3.72. The Morgan fingerprint density at radius 2 is 1.56 bits per heavy atom. The van der Waals surface area contributed by atoms with E-state index >= 15 is 0 Å². The van der Waals surface area contributed by atoms with Crippen LogP contribution in [0.1, 0.15) is 10.6 Å². The Hall–Kier alpha value is -2.73. The molecule has 1 heterocycles. The van der Waals surface area contributed by atoms with E-state index in [1.165, 1.54) is 0 Å². The van der Waals surface area contributed by atoms with Gasteiger partial charge in [-0.1, -0.05) is 6.08 Å². The van der Waals surface area contributed by atoms with Gasteiger partial charge in [0.05, 0.1) is 38.7 Å². The first kappa shape index (κ1) is 17.1. The summed E-state index contributed by atoms with van der Waals surface area (Å²) in [5.74, 6) is 2.65. The fraction of sp³-hybridized carbons (Fsp3) is 0.211. The highest BCUT2D eigenvalue weighted by Crippen LogP contribution is 2.38. The van der Waals surface area contributed by atoms with Crippen molar-refractivity contribution in [2.45, 2.75) is 0 Å². The van der Waals surface area contributed by atoms with Crippen molar-refractivity contribution in [2.24, 2.45) is 0 Å². The number of methoxy groups -OCH3 is 4. The van der Waals surface area contributed by atoms with E-state index in [1.807, 2.05) is 42.5 Å². The fourth-order valence-electron chi connectivity index (χ4n) is 2.49. The molecule has 0 atom stereocenters. The molecule has 0 aliphatic heterocycles. The van der Waals surface area contributed by atoms with Gasteiger partial charge in [-0.05, 0) is 42.0 Å². The van der Waals surface area contributed by atoms with E-state index in [0.717, 1.165) is 26.5 Å². The highest BCUT2D eigenvalue weighted by Gasteiger charge is 2.12. The predicted octanol–water partition coefficient (Wildman–Crippen LogP) is 4.50. The second-order valence-electron chi connectivity index (χ2n) is 5.18. The molecule has 0 bridgehead atoms. The van der Waals surface area contributed by atoms with Gasteiger partial charge in [-0.3, -0.25) is 0 Å². The molecule has 0 aliphatic carbocycles. The monoisotopic (exact) mass is 357 g/mol. The number of ether oxygens (including phenoxy) is 4. The lowest BCUT2D eigenvalue weighted by atomic mass is 10.1. The highest BCUT2D eigenvalue weighted by molar-refractivity contribution is 7.19. The molecule has 3 aromatic rings. The van der Waals surface area contributed by atoms with E-state index in [-0.39, 0.29) is 0 Å². The van der Waals surface area contributed by atoms with Gasteiger partial charge in [0, 0.05) is 0 Å². The third-order valence-corrected chi connectivity index (χ3v) is 4.70. The number of fused-ring (bicyclic) bond motifs is 1. The minimum Gasteiger partial charge on any atom is -0.497 e. The van der Waals surface area contributed by atoms with Crippen LogP contribution in [0.5, 0.6) is 23.0 Å². The summed E-state index contributed by atoms with van der Waals surface area (Å²) in [4.78, 5) is 4.61. The van der Waals surface area contributed by atoms with Gasteiger partial charge < -0.3 is 18.9 Å². The molecule has 0 spiro atoms. The summed E-state index contributed by atoms with van der Waals surface area (Å²) in [6, 6.07) is 9.66. The molecule has 0 aliphatic rings. The van der Waals surface area contributed by atoms with Crippen LogP contribution in [-0.4, -0.2) is 33.4 Å². The lowest BCUT2D eigenvalue weighted by Crippen LogP contribution is -1.95. The number of benzene rings is 2. The molecule has 2 aromatic carbocycles. The Bertz CT molecular complexity index is 892. The van der Waals surface area contributed by atoms with Crippen LogP contribution < -0.4 is 18.9 Å². The molecular weight excluding hydrogens is 338 g/mol. The minimum absolute atomic E-state index is 0.578. The Kier molecular flexibility index (Phi) is 5.09. The van der Waals surface area contributed by atoms with Gasteiger partial charge >= 0.3 is 0 Å². The van der Waals surface area contributed by atoms with E-state index in [2.05, 4.69) is 4.98 Å². The summed E-state index contributed by atoms with van der Waals surface area (Å²) < 4.78 is 22.4. The lowest BCUT2D eigenvalue weighted by Gasteiger charge is -2.12. The number of thiazole rings is 1. The molecule has 0 saturated heterocycles. The van der Waals surface area contributed by atoms with Crippen LogP contribution in [0.3, 0.4) is 0 Å². The van der Waals surface area contributed by atoms with Crippen LogP contribution in [0.2, 0.25) is 0 Å². The van der Waals surface area contributed by atoms with Crippen molar-refractivity contribution in [3.63, 3.8) is 0 Å². The standard InChI is InChI=1S/C19H19NO4S/c1-21-13-6-7-14-17(11-13)25-18(20-14)8-5-12-9-15(22-2)19(24-4)16(10-12)23-3/h5-11H,1-4H3/b8-5+. The first-order chi connectivity index (χ1) is 12.2. The van der Waals surface area contributed by atoms with Crippen LogP contribution in [-0.2, 0) is 0 Å². The maximum atomic E-state index is 5.38. The summed E-state index contributed by atoms with van der Waals surface area (Å²) in [5.41, 5.74) is 1.89. The van der Waals surface area contributed by atoms with Gasteiger partial charge in [0.25, 0.3) is 0 Å². The van der Waals surface area contributed by atoms with Gasteiger partial charge in [0.15, 0.2) is 11.5 Å². The van der Waals surface area contributed by atoms with Crippen molar-refractivity contribution in [1.82, 2.24) is 4.98 Å². The molecule has 0 fully saturated rings. The molecule has 0 amide bonds. The average molecular weight is 357 g/mol. The first-order valence-corrected chi connectivity index (χ1v) is 8.42. The van der Waals surface area contributed by atoms with Gasteiger partial charge in [-0.25, -0.2) is 4.98 Å². The van der Waals surface area contributed by atoms with Crippen LogP contribution in [0.4, 0.5) is 0 Å². The normalized spacial score (nSPS) is 11.0. The molecule has 3 rings (SSSR count). The van der Waals surface area contributed by atoms with Crippen LogP contribution in [0, 0.1) is 0 Å². The highest BCUT2D eigenvalue weighted by atomic mass is 32.1. The van der Waals surface area contributed by atoms with Crippen molar-refractivity contribution >= 4 is 33.7 Å². The molecule has 130 valence electrons. The maximum Gasteiger partial charge on any atom is 0.203 e. The van der Waals surface area contributed by atoms with Gasteiger partial charge in [-0.2, -0.15) is 0 Å². The van der Waals surface area contributed by atoms with Gasteiger partial charge in [0.1, 0.15) is 10.8 Å². The van der Waals surface area contributed by atoms with Crippen molar-refractivity contribution < 1.29 is 18.9 Å². The van der Waals surface area contributed by atoms with Crippen molar-refractivity contribution in [3.8, 4) is 23.0 Å². The molecule has 1 aromatic heterocycles. The third kappa shape index (κ3) is 3.53. The van der Waals surface area contributed by atoms with Crippen LogP contribution in [0.25, 0.3) is 22.4 Å². The van der Waals surface area contributed by atoms with E-state index < -0.39 is 0 Å². The zero-order valence-corrected chi connectivity index (χ0v) is 15.3. The molecule has 5 nitrogen and oxygen atoms in total. The van der Waals surface area contributed by atoms with Gasteiger partial charge in [0.2, 0.25) is 5.75 Å². The smallest absolute Gasteiger partial charge is 0.203 e. The zero-order valence-electron chi connectivity index (χ0n) is 14.5. The number of hydrogen-bond donors (Lipinski definition) is 0. The van der Waals surface area contributed by atoms with E-state index in [0.29, 0.717) is 17.2 Å². The second-order valence-corrected chi connectivity index (χ2v) is 6.24. The Balaban J connectivity index is 1.93. The SMILES string of the molecule is COc1ccc2nc(/C=C/c3cc(OC)c(OC)c(OC)c3)sc2c1. The molecule has 0 unspecified atom stereocenters. The maximum absolute atomic E-state index is 5.38. The largest absolute Gasteiger partial charge is 0.497 e. The molecule has 0 radical (unpaired) electrons. The van der Waals surface area contributed by atoms with Gasteiger partial charge in [-0.15, -0.1) is 11.3 Å². The zero-order chi connectivity index (χ0) is 17.8. The lowest BCUT2D eigenvalue weighted by molar-refractivity contribution is 0.324. The summed E-state index contributed by atoms with van der Waals surface area (Å²) in [7, 11) is 6.45. The summed E-state index contributed by atoms with van der Waals surface area (Å²) >= 11 is 1.61. The predicted molar refractivity (Wildman–Crippen MR) is 101 cm³/mol. The summed E-state index contributed by atoms with van der Waals surface area (Å²) in [6.45, 7) is 0. The van der Waals surface area contributed by atoms with Crippen molar-refractivity contribution in [2.75, 3.05) is 28.4 Å². The molecule has 0 saturated carbocycles. The average Bonchev–Trinajstić information content (AvgIpc) is 3.07. The Morgan fingerprint density at radius 3 is 2.16 bits per heavy atom. The quantitative estimate of drug-likeness (QED) is 0.650. The topological polar surface area (TPSA) is 49.8 Å². The first-order valence-electron chi connectivity index (χ1n) is 7.61. The van der Waals surface area contributed by atoms with Crippen molar-refractivity contribution in [1.29, 1.82) is 0 Å². The Morgan fingerprint density at radius 1 is 0.840 bits per heavy atom. The number of nitrogens with zero attached hydrogens (tertiary/aromatic N) is 1. The second kappa shape index (κ2) is 7.44. The summed E-state index contributed by atoms with van der Waals surface area (Å²) in [5, 5.41) is 0.914. The van der Waals surface area contributed by atoms with Crippen LogP contribution >= 0.6 is 11.3 Å². The van der Waals surface area contributed by atoms with E-state index in [1.54, 1.807) is 39.8 Å². The van der Waals surface area contributed by atoms with Crippen LogP contribution in [0.15, 0.2) is 30.3 Å². The number of aromatic nitrogens is 1. The molecule has 6 heteroatoms. The Labute approximate surface area is 150 Å². The van der Waals surface area contributed by atoms with E-state index in [9.17, 15) is 0 Å². The molecule has 0 N–H and O–H groups in total. The molecular formula is C19H19NO4S. The number of rotatable bonds is 6. The number of hydrogen-bond acceptors (Lipinski definition) is 6. The van der Waals surface area contributed by atoms with Crippen molar-refractivity contribution in [3.05, 3.63) is 40.9 Å². The fourth-order valence-corrected chi connectivity index (χ4v) is 3.38.